The molecule has 2 aliphatic rings. The van der Waals surface area contributed by atoms with Crippen LogP contribution in [0.3, 0.4) is 0 Å². The predicted octanol–water partition coefficient (Wildman–Crippen LogP) is 2.00. The zero-order valence-corrected chi connectivity index (χ0v) is 10.2. The van der Waals surface area contributed by atoms with Crippen LogP contribution in [0, 0.1) is 18.8 Å². The topological polar surface area (TPSA) is 42.2 Å². The Labute approximate surface area is 96.0 Å². The van der Waals surface area contributed by atoms with E-state index in [9.17, 15) is 0 Å². The van der Waals surface area contributed by atoms with Crippen LogP contribution in [-0.2, 0) is 6.54 Å². The molecule has 4 heteroatoms. The van der Waals surface area contributed by atoms with Crippen LogP contribution in [0.5, 0.6) is 0 Å². The van der Waals surface area contributed by atoms with Gasteiger partial charge in [-0.2, -0.15) is 0 Å². The second-order valence-corrected chi connectivity index (χ2v) is 5.50. The number of piperidine rings is 1. The number of hydrogen-bond donors (Lipinski definition) is 0. The molecule has 3 atom stereocenters. The highest BCUT2D eigenvalue weighted by Crippen LogP contribution is 2.49. The van der Waals surface area contributed by atoms with Gasteiger partial charge in [0, 0.05) is 19.0 Å². The summed E-state index contributed by atoms with van der Waals surface area (Å²) in [6.45, 7) is 7.30. The molecule has 1 saturated heterocycles. The maximum atomic E-state index is 5.48. The second kappa shape index (κ2) is 3.55. The average Bonchev–Trinajstić information content (AvgIpc) is 2.75. The zero-order chi connectivity index (χ0) is 11.3. The SMILES string of the molecule is Cc1nnc(CN2C(C(C)C)CC3CC32)o1. The lowest BCUT2D eigenvalue weighted by atomic mass is 10.00. The first-order valence-corrected chi connectivity index (χ1v) is 6.20. The second-order valence-electron chi connectivity index (χ2n) is 5.50. The molecular weight excluding hydrogens is 202 g/mol. The summed E-state index contributed by atoms with van der Waals surface area (Å²) in [5.74, 6) is 3.10. The van der Waals surface area contributed by atoms with Gasteiger partial charge in [-0.15, -0.1) is 10.2 Å². The van der Waals surface area contributed by atoms with Gasteiger partial charge in [-0.25, -0.2) is 0 Å². The molecule has 16 heavy (non-hydrogen) atoms. The molecule has 0 amide bonds. The van der Waals surface area contributed by atoms with Gasteiger partial charge in [0.15, 0.2) is 0 Å². The van der Waals surface area contributed by atoms with Gasteiger partial charge in [0.05, 0.1) is 6.54 Å². The van der Waals surface area contributed by atoms with Crippen LogP contribution >= 0.6 is 0 Å². The molecule has 1 saturated carbocycles. The minimum absolute atomic E-state index is 0.669. The number of rotatable bonds is 3. The molecule has 0 bridgehead atoms. The Morgan fingerprint density at radius 2 is 2.19 bits per heavy atom. The van der Waals surface area contributed by atoms with Gasteiger partial charge in [0.25, 0.3) is 0 Å². The van der Waals surface area contributed by atoms with Crippen molar-refractivity contribution in [3.8, 4) is 0 Å². The largest absolute Gasteiger partial charge is 0.424 e. The number of aromatic nitrogens is 2. The van der Waals surface area contributed by atoms with Crippen molar-refractivity contribution < 1.29 is 4.42 Å². The third kappa shape index (κ3) is 1.65. The van der Waals surface area contributed by atoms with E-state index in [-0.39, 0.29) is 0 Å². The first-order chi connectivity index (χ1) is 7.65. The Kier molecular flexibility index (Phi) is 2.28. The number of nitrogens with zero attached hydrogens (tertiary/aromatic N) is 3. The normalized spacial score (nSPS) is 33.4. The molecule has 3 rings (SSSR count). The third-order valence-corrected chi connectivity index (χ3v) is 3.94. The van der Waals surface area contributed by atoms with E-state index < -0.39 is 0 Å². The van der Waals surface area contributed by atoms with E-state index in [1.54, 1.807) is 0 Å². The first-order valence-electron chi connectivity index (χ1n) is 6.20. The molecule has 1 aromatic heterocycles. The molecule has 0 spiro atoms. The molecule has 88 valence electrons. The fraction of sp³-hybridized carbons (Fsp3) is 0.833. The minimum atomic E-state index is 0.669. The van der Waals surface area contributed by atoms with Crippen LogP contribution in [0.4, 0.5) is 0 Å². The van der Waals surface area contributed by atoms with Crippen LogP contribution in [0.2, 0.25) is 0 Å². The van der Waals surface area contributed by atoms with Crippen molar-refractivity contribution in [1.29, 1.82) is 0 Å². The number of fused-ring (bicyclic) bond motifs is 1. The quantitative estimate of drug-likeness (QED) is 0.783. The molecule has 2 heterocycles. The Morgan fingerprint density at radius 1 is 1.38 bits per heavy atom. The maximum Gasteiger partial charge on any atom is 0.230 e. The van der Waals surface area contributed by atoms with Gasteiger partial charge >= 0.3 is 0 Å². The van der Waals surface area contributed by atoms with Crippen LogP contribution < -0.4 is 0 Å². The van der Waals surface area contributed by atoms with Crippen molar-refractivity contribution >= 4 is 0 Å². The monoisotopic (exact) mass is 221 g/mol. The smallest absolute Gasteiger partial charge is 0.230 e. The number of hydrogen-bond acceptors (Lipinski definition) is 4. The van der Waals surface area contributed by atoms with E-state index in [1.807, 2.05) is 6.92 Å². The van der Waals surface area contributed by atoms with E-state index in [4.69, 9.17) is 4.42 Å². The van der Waals surface area contributed by atoms with Gasteiger partial charge in [-0.1, -0.05) is 13.8 Å². The molecule has 0 aromatic carbocycles. The maximum absolute atomic E-state index is 5.48. The van der Waals surface area contributed by atoms with E-state index in [2.05, 4.69) is 28.9 Å². The van der Waals surface area contributed by atoms with Crippen LogP contribution in [0.1, 0.15) is 38.5 Å². The summed E-state index contributed by atoms with van der Waals surface area (Å²) in [4.78, 5) is 2.57. The Balaban J connectivity index is 1.73. The standard InChI is InChI=1S/C12H19N3O/c1-7(2)10-4-9-5-11(9)15(10)6-12-14-13-8(3)16-12/h7,9-11H,4-6H2,1-3H3. The highest BCUT2D eigenvalue weighted by Gasteiger charge is 2.52. The Morgan fingerprint density at radius 3 is 2.81 bits per heavy atom. The highest BCUT2D eigenvalue weighted by molar-refractivity contribution is 5.06. The summed E-state index contributed by atoms with van der Waals surface area (Å²) in [5, 5.41) is 7.99. The van der Waals surface area contributed by atoms with Gasteiger partial charge in [-0.05, 0) is 24.7 Å². The molecule has 1 aliphatic carbocycles. The van der Waals surface area contributed by atoms with Gasteiger partial charge < -0.3 is 4.42 Å². The van der Waals surface area contributed by atoms with Gasteiger partial charge in [0.2, 0.25) is 11.8 Å². The van der Waals surface area contributed by atoms with E-state index in [1.165, 1.54) is 12.8 Å². The zero-order valence-electron chi connectivity index (χ0n) is 10.2. The van der Waals surface area contributed by atoms with E-state index >= 15 is 0 Å². The van der Waals surface area contributed by atoms with Crippen molar-refractivity contribution in [2.24, 2.45) is 11.8 Å². The average molecular weight is 221 g/mol. The fourth-order valence-corrected chi connectivity index (χ4v) is 3.03. The number of likely N-dealkylation sites (tertiary alicyclic amines) is 1. The van der Waals surface area contributed by atoms with Crippen molar-refractivity contribution in [3.05, 3.63) is 11.8 Å². The minimum Gasteiger partial charge on any atom is -0.424 e. The van der Waals surface area contributed by atoms with Crippen LogP contribution in [0.25, 0.3) is 0 Å². The Hall–Kier alpha value is -0.900. The molecule has 1 aromatic rings. The molecule has 3 unspecified atom stereocenters. The van der Waals surface area contributed by atoms with Crippen molar-refractivity contribution in [2.75, 3.05) is 0 Å². The summed E-state index contributed by atoms with van der Waals surface area (Å²) in [5.41, 5.74) is 0. The van der Waals surface area contributed by atoms with Crippen molar-refractivity contribution in [2.45, 2.75) is 52.2 Å². The summed E-state index contributed by atoms with van der Waals surface area (Å²) < 4.78 is 5.48. The predicted molar refractivity (Wildman–Crippen MR) is 59.7 cm³/mol. The first kappa shape index (κ1) is 10.3. The molecular formula is C12H19N3O. The van der Waals surface area contributed by atoms with E-state index in [0.29, 0.717) is 11.9 Å². The van der Waals surface area contributed by atoms with Crippen LogP contribution in [0.15, 0.2) is 4.42 Å². The lowest BCUT2D eigenvalue weighted by Crippen LogP contribution is -2.36. The third-order valence-electron chi connectivity index (χ3n) is 3.94. The van der Waals surface area contributed by atoms with Crippen molar-refractivity contribution in [1.82, 2.24) is 15.1 Å². The van der Waals surface area contributed by atoms with Crippen LogP contribution in [-0.4, -0.2) is 27.2 Å². The Bertz CT molecular complexity index is 387. The van der Waals surface area contributed by atoms with E-state index in [0.717, 1.165) is 30.3 Å². The molecule has 2 fully saturated rings. The summed E-state index contributed by atoms with van der Waals surface area (Å²) in [7, 11) is 0. The van der Waals surface area contributed by atoms with Crippen molar-refractivity contribution in [3.63, 3.8) is 0 Å². The summed E-state index contributed by atoms with van der Waals surface area (Å²) >= 11 is 0. The lowest BCUT2D eigenvalue weighted by Gasteiger charge is -2.29. The fourth-order valence-electron chi connectivity index (χ4n) is 3.03. The molecule has 1 aliphatic heterocycles. The summed E-state index contributed by atoms with van der Waals surface area (Å²) in [6, 6.07) is 1.50. The molecule has 0 radical (unpaired) electrons. The van der Waals surface area contributed by atoms with Gasteiger partial charge in [-0.3, -0.25) is 4.90 Å². The highest BCUT2D eigenvalue weighted by atomic mass is 16.4. The summed E-state index contributed by atoms with van der Waals surface area (Å²) in [6.07, 6.45) is 2.73. The van der Waals surface area contributed by atoms with Gasteiger partial charge in [0.1, 0.15) is 0 Å². The molecule has 4 nitrogen and oxygen atoms in total. The molecule has 0 N–H and O–H groups in total. The number of aryl methyl sites for hydroxylation is 1. The lowest BCUT2D eigenvalue weighted by molar-refractivity contribution is 0.151.